The zero-order valence-electron chi connectivity index (χ0n) is 11.5. The summed E-state index contributed by atoms with van der Waals surface area (Å²) in [5.41, 5.74) is 1.11. The summed E-state index contributed by atoms with van der Waals surface area (Å²) in [7, 11) is 0. The first-order valence-electron chi connectivity index (χ1n) is 6.66. The van der Waals surface area contributed by atoms with E-state index >= 15 is 0 Å². The third-order valence-electron chi connectivity index (χ3n) is 3.23. The summed E-state index contributed by atoms with van der Waals surface area (Å²) >= 11 is 3.33. The molecule has 1 heterocycles. The van der Waals surface area contributed by atoms with Crippen LogP contribution in [0.25, 0.3) is 10.9 Å². The number of hydrogen-bond donors (Lipinski definition) is 1. The van der Waals surface area contributed by atoms with Crippen molar-refractivity contribution in [3.63, 3.8) is 0 Å². The van der Waals surface area contributed by atoms with E-state index in [2.05, 4.69) is 20.9 Å². The number of ether oxygens (including phenoxy) is 1. The van der Waals surface area contributed by atoms with Crippen LogP contribution in [0.2, 0.25) is 0 Å². The summed E-state index contributed by atoms with van der Waals surface area (Å²) in [4.78, 5) is 26.1. The van der Waals surface area contributed by atoms with Gasteiger partial charge in [-0.25, -0.2) is 0 Å². The molecule has 0 spiro atoms. The Morgan fingerprint density at radius 2 is 1.77 bits per heavy atom. The van der Waals surface area contributed by atoms with E-state index in [4.69, 9.17) is 4.74 Å². The van der Waals surface area contributed by atoms with Gasteiger partial charge in [-0.3, -0.25) is 9.59 Å². The van der Waals surface area contributed by atoms with Crippen LogP contribution in [0.1, 0.15) is 10.4 Å². The minimum Gasteiger partial charge on any atom is -0.485 e. The third-order valence-corrected chi connectivity index (χ3v) is 3.76. The molecule has 0 radical (unpaired) electrons. The number of halogens is 1. The average molecular weight is 358 g/mol. The molecule has 0 saturated carbocycles. The van der Waals surface area contributed by atoms with E-state index in [1.165, 1.54) is 6.07 Å². The van der Waals surface area contributed by atoms with Crippen molar-refractivity contribution in [2.24, 2.45) is 0 Å². The number of pyridine rings is 1. The summed E-state index contributed by atoms with van der Waals surface area (Å²) in [6.45, 7) is -0.0514. The fourth-order valence-electron chi connectivity index (χ4n) is 2.09. The average Bonchev–Trinajstić information content (AvgIpc) is 2.53. The first kappa shape index (κ1) is 14.5. The van der Waals surface area contributed by atoms with Gasteiger partial charge >= 0.3 is 0 Å². The van der Waals surface area contributed by atoms with Crippen molar-refractivity contribution in [3.8, 4) is 5.75 Å². The number of Topliss-reactive ketones (excluding diaryl/α,β-unsaturated/α-hetero) is 1. The number of benzene rings is 2. The second kappa shape index (κ2) is 6.15. The Labute approximate surface area is 134 Å². The predicted octanol–water partition coefficient (Wildman–Crippen LogP) is 3.55. The molecule has 0 bridgehead atoms. The summed E-state index contributed by atoms with van der Waals surface area (Å²) < 4.78 is 6.44. The topological polar surface area (TPSA) is 59.2 Å². The molecule has 4 nitrogen and oxygen atoms in total. The maximum atomic E-state index is 12.0. The highest BCUT2D eigenvalue weighted by Crippen LogP contribution is 2.18. The number of carbonyl (C=O) groups is 1. The van der Waals surface area contributed by atoms with Crippen LogP contribution in [0.4, 0.5) is 0 Å². The first-order chi connectivity index (χ1) is 10.6. The van der Waals surface area contributed by atoms with E-state index < -0.39 is 0 Å². The van der Waals surface area contributed by atoms with Crippen molar-refractivity contribution in [2.45, 2.75) is 0 Å². The van der Waals surface area contributed by atoms with E-state index in [0.29, 0.717) is 16.8 Å². The SMILES string of the molecule is O=C(COc1ccc2ccc(=O)[nH]c2c1)c1ccc(Br)cc1. The molecule has 0 aliphatic rings. The van der Waals surface area contributed by atoms with Gasteiger partial charge in [-0.1, -0.05) is 28.1 Å². The molecule has 0 amide bonds. The maximum absolute atomic E-state index is 12.0. The van der Waals surface area contributed by atoms with Crippen LogP contribution >= 0.6 is 15.9 Å². The number of nitrogens with one attached hydrogen (secondary N) is 1. The fraction of sp³-hybridized carbons (Fsp3) is 0.0588. The maximum Gasteiger partial charge on any atom is 0.248 e. The van der Waals surface area contributed by atoms with Crippen molar-refractivity contribution < 1.29 is 9.53 Å². The molecule has 22 heavy (non-hydrogen) atoms. The molecule has 0 aliphatic heterocycles. The summed E-state index contributed by atoms with van der Waals surface area (Å²) in [5, 5.41) is 0.909. The largest absolute Gasteiger partial charge is 0.485 e. The van der Waals surface area contributed by atoms with Crippen LogP contribution in [0, 0.1) is 0 Å². The molecule has 1 N–H and O–H groups in total. The lowest BCUT2D eigenvalue weighted by molar-refractivity contribution is 0.0921. The van der Waals surface area contributed by atoms with Crippen molar-refractivity contribution in [1.29, 1.82) is 0 Å². The Morgan fingerprint density at radius 1 is 1.05 bits per heavy atom. The Hall–Kier alpha value is -2.40. The van der Waals surface area contributed by atoms with E-state index in [1.807, 2.05) is 18.2 Å². The van der Waals surface area contributed by atoms with E-state index in [1.54, 1.807) is 30.3 Å². The van der Waals surface area contributed by atoms with Crippen molar-refractivity contribution in [1.82, 2.24) is 4.98 Å². The highest BCUT2D eigenvalue weighted by Gasteiger charge is 2.07. The van der Waals surface area contributed by atoms with Gasteiger partial charge < -0.3 is 9.72 Å². The molecule has 3 rings (SSSR count). The van der Waals surface area contributed by atoms with Crippen molar-refractivity contribution in [3.05, 3.63) is 75.0 Å². The Balaban J connectivity index is 1.74. The van der Waals surface area contributed by atoms with Crippen molar-refractivity contribution >= 4 is 32.6 Å². The molecule has 5 heteroatoms. The minimum absolute atomic E-state index is 0.0514. The number of fused-ring (bicyclic) bond motifs is 1. The van der Waals surface area contributed by atoms with Gasteiger partial charge in [-0.2, -0.15) is 0 Å². The number of aromatic nitrogens is 1. The van der Waals surface area contributed by atoms with Gasteiger partial charge in [-0.05, 0) is 35.7 Å². The van der Waals surface area contributed by atoms with Gasteiger partial charge in [0.15, 0.2) is 12.4 Å². The molecule has 110 valence electrons. The number of ketones is 1. The van der Waals surface area contributed by atoms with Crippen molar-refractivity contribution in [2.75, 3.05) is 6.61 Å². The van der Waals surface area contributed by atoms with Gasteiger partial charge in [0.05, 0.1) is 5.52 Å². The van der Waals surface area contributed by atoms with Gasteiger partial charge in [-0.15, -0.1) is 0 Å². The number of rotatable bonds is 4. The quantitative estimate of drug-likeness (QED) is 0.726. The second-order valence-corrected chi connectivity index (χ2v) is 5.71. The van der Waals surface area contributed by atoms with Gasteiger partial charge in [0.2, 0.25) is 5.56 Å². The molecule has 0 unspecified atom stereocenters. The molecular weight excluding hydrogens is 346 g/mol. The summed E-state index contributed by atoms with van der Waals surface area (Å²) in [5.74, 6) is 0.439. The lowest BCUT2D eigenvalue weighted by Crippen LogP contribution is -2.11. The van der Waals surface area contributed by atoms with E-state index in [0.717, 1.165) is 9.86 Å². The molecule has 0 fully saturated rings. The van der Waals surface area contributed by atoms with Crippen LogP contribution in [-0.2, 0) is 0 Å². The molecule has 3 aromatic rings. The molecular formula is C17H12BrNO3. The zero-order chi connectivity index (χ0) is 15.5. The minimum atomic E-state index is -0.171. The van der Waals surface area contributed by atoms with Gasteiger partial charge in [0, 0.05) is 22.2 Å². The fourth-order valence-corrected chi connectivity index (χ4v) is 2.35. The Bertz CT molecular complexity index is 884. The van der Waals surface area contributed by atoms with Crippen LogP contribution in [0.15, 0.2) is 63.9 Å². The first-order valence-corrected chi connectivity index (χ1v) is 7.46. The van der Waals surface area contributed by atoms with Crippen LogP contribution < -0.4 is 10.3 Å². The monoisotopic (exact) mass is 357 g/mol. The Morgan fingerprint density at radius 3 is 2.55 bits per heavy atom. The number of carbonyl (C=O) groups excluding carboxylic acids is 1. The van der Waals surface area contributed by atoms with E-state index in [-0.39, 0.29) is 17.9 Å². The number of hydrogen-bond acceptors (Lipinski definition) is 3. The standard InChI is InChI=1S/C17H12BrNO3/c18-13-5-1-12(2-6-13)16(20)10-22-14-7-3-11-4-8-17(21)19-15(11)9-14/h1-9H,10H2,(H,19,21). The van der Waals surface area contributed by atoms with Gasteiger partial charge in [0.1, 0.15) is 5.75 Å². The van der Waals surface area contributed by atoms with Crippen LogP contribution in [0.3, 0.4) is 0 Å². The summed E-state index contributed by atoms with van der Waals surface area (Å²) in [6.07, 6.45) is 0. The molecule has 0 saturated heterocycles. The normalized spacial score (nSPS) is 10.6. The van der Waals surface area contributed by atoms with Crippen LogP contribution in [0.5, 0.6) is 5.75 Å². The molecule has 2 aromatic carbocycles. The number of H-pyrrole nitrogens is 1. The molecule has 0 aliphatic carbocycles. The predicted molar refractivity (Wildman–Crippen MR) is 88.5 cm³/mol. The van der Waals surface area contributed by atoms with Gasteiger partial charge in [0.25, 0.3) is 0 Å². The second-order valence-electron chi connectivity index (χ2n) is 4.79. The zero-order valence-corrected chi connectivity index (χ0v) is 13.1. The summed E-state index contributed by atoms with van der Waals surface area (Å²) in [6, 6.07) is 15.7. The Kier molecular flexibility index (Phi) is 4.06. The lowest BCUT2D eigenvalue weighted by atomic mass is 10.1. The van der Waals surface area contributed by atoms with Crippen LogP contribution in [-0.4, -0.2) is 17.4 Å². The molecule has 1 aromatic heterocycles. The lowest BCUT2D eigenvalue weighted by Gasteiger charge is -2.07. The van der Waals surface area contributed by atoms with E-state index in [9.17, 15) is 9.59 Å². The highest BCUT2D eigenvalue weighted by molar-refractivity contribution is 9.10. The third kappa shape index (κ3) is 3.26. The molecule has 0 atom stereocenters. The highest BCUT2D eigenvalue weighted by atomic mass is 79.9. The smallest absolute Gasteiger partial charge is 0.248 e. The number of aromatic amines is 1.